The fourth-order valence-corrected chi connectivity index (χ4v) is 2.86. The van der Waals surface area contributed by atoms with Crippen LogP contribution in [0.1, 0.15) is 18.4 Å². The monoisotopic (exact) mass is 318 g/mol. The summed E-state index contributed by atoms with van der Waals surface area (Å²) in [6.07, 6.45) is 0.940. The molecule has 8 heteroatoms. The van der Waals surface area contributed by atoms with Gasteiger partial charge in [-0.05, 0) is 30.5 Å². The lowest BCUT2D eigenvalue weighted by Crippen LogP contribution is -2.46. The van der Waals surface area contributed by atoms with Crippen LogP contribution in [0.15, 0.2) is 24.3 Å². The third kappa shape index (κ3) is 3.33. The van der Waals surface area contributed by atoms with Crippen LogP contribution < -0.4 is 4.18 Å². The van der Waals surface area contributed by atoms with E-state index < -0.39 is 16.1 Å². The van der Waals surface area contributed by atoms with E-state index in [-0.39, 0.29) is 17.6 Å². The highest BCUT2D eigenvalue weighted by Gasteiger charge is 2.49. The lowest BCUT2D eigenvalue weighted by atomic mass is 9.67. The van der Waals surface area contributed by atoms with Crippen LogP contribution in [0.4, 0.5) is 3.89 Å². The highest BCUT2D eigenvalue weighted by Crippen LogP contribution is 2.49. The van der Waals surface area contributed by atoms with Crippen LogP contribution in [0.3, 0.4) is 0 Å². The molecule has 1 aromatic carbocycles. The van der Waals surface area contributed by atoms with E-state index in [4.69, 9.17) is 4.74 Å². The molecule has 1 aliphatic rings. The van der Waals surface area contributed by atoms with Gasteiger partial charge in [0.05, 0.1) is 18.6 Å². The molecule has 21 heavy (non-hydrogen) atoms. The third-order valence-corrected chi connectivity index (χ3v) is 4.05. The highest BCUT2D eigenvalue weighted by atomic mass is 32.3. The highest BCUT2D eigenvalue weighted by molar-refractivity contribution is 7.81. The quantitative estimate of drug-likeness (QED) is 0.607. The molecule has 0 bridgehead atoms. The van der Waals surface area contributed by atoms with Crippen LogP contribution in [0, 0.1) is 5.92 Å². The zero-order valence-electron chi connectivity index (χ0n) is 11.5. The van der Waals surface area contributed by atoms with E-state index >= 15 is 0 Å². The number of esters is 1. The molecule has 0 radical (unpaired) electrons. The second-order valence-electron chi connectivity index (χ2n) is 4.83. The molecule has 0 amide bonds. The molecule has 0 spiro atoms. The van der Waals surface area contributed by atoms with Crippen LogP contribution in [-0.2, 0) is 30.4 Å². The average Bonchev–Trinajstić information content (AvgIpc) is 2.37. The summed E-state index contributed by atoms with van der Waals surface area (Å²) in [5.74, 6) is -0.639. The van der Waals surface area contributed by atoms with Crippen molar-refractivity contribution in [3.8, 4) is 5.75 Å². The second-order valence-corrected chi connectivity index (χ2v) is 5.78. The van der Waals surface area contributed by atoms with Gasteiger partial charge in [0.1, 0.15) is 5.75 Å². The van der Waals surface area contributed by atoms with Crippen molar-refractivity contribution in [3.05, 3.63) is 29.8 Å². The van der Waals surface area contributed by atoms with Crippen molar-refractivity contribution in [1.29, 1.82) is 0 Å². The van der Waals surface area contributed by atoms with Crippen LogP contribution in [-0.4, -0.2) is 28.6 Å². The van der Waals surface area contributed by atoms with Crippen molar-refractivity contribution in [1.82, 2.24) is 0 Å². The maximum atomic E-state index is 12.4. The Balaban J connectivity index is 2.12. The van der Waals surface area contributed by atoms with Gasteiger partial charge in [0, 0.05) is 7.11 Å². The number of halogens is 1. The molecule has 0 unspecified atom stereocenters. The number of benzene rings is 1. The lowest BCUT2D eigenvalue weighted by molar-refractivity contribution is -0.168. The van der Waals surface area contributed by atoms with Gasteiger partial charge in [-0.25, -0.2) is 0 Å². The van der Waals surface area contributed by atoms with Crippen LogP contribution in [0.5, 0.6) is 5.75 Å². The summed E-state index contributed by atoms with van der Waals surface area (Å²) < 4.78 is 47.5. The molecular weight excluding hydrogens is 303 g/mol. The number of ether oxygens (including phenoxy) is 2. The smallest absolute Gasteiger partial charge is 0.469 e. The molecule has 6 nitrogen and oxygen atoms in total. The number of hydrogen-bond acceptors (Lipinski definition) is 6. The minimum absolute atomic E-state index is 0.128. The van der Waals surface area contributed by atoms with E-state index in [1.165, 1.54) is 26.4 Å². The van der Waals surface area contributed by atoms with Crippen LogP contribution >= 0.6 is 0 Å². The van der Waals surface area contributed by atoms with E-state index in [0.717, 1.165) is 5.56 Å². The maximum absolute atomic E-state index is 12.4. The largest absolute Gasteiger partial charge is 0.488 e. The molecular formula is C13H15FO6S. The van der Waals surface area contributed by atoms with Gasteiger partial charge in [0.2, 0.25) is 0 Å². The van der Waals surface area contributed by atoms with Gasteiger partial charge in [0.25, 0.3) is 0 Å². The first kappa shape index (κ1) is 15.7. The van der Waals surface area contributed by atoms with Gasteiger partial charge in [-0.3, -0.25) is 4.79 Å². The lowest BCUT2D eigenvalue weighted by Gasteiger charge is -2.45. The summed E-state index contributed by atoms with van der Waals surface area (Å²) in [5, 5.41) is 0. The molecule has 1 saturated carbocycles. The fourth-order valence-electron chi connectivity index (χ4n) is 2.52. The number of carbonyl (C=O) groups is 1. The molecule has 2 rings (SSSR count). The van der Waals surface area contributed by atoms with E-state index in [1.54, 1.807) is 12.1 Å². The Hall–Kier alpha value is -1.67. The maximum Gasteiger partial charge on any atom is 0.488 e. The molecule has 1 aliphatic carbocycles. The minimum atomic E-state index is -5.04. The minimum Gasteiger partial charge on any atom is -0.469 e. The summed E-state index contributed by atoms with van der Waals surface area (Å²) in [5.41, 5.74) is 0.139. The first-order valence-electron chi connectivity index (χ1n) is 6.17. The number of hydrogen-bond donors (Lipinski definition) is 0. The van der Waals surface area contributed by atoms with Gasteiger partial charge in [0.15, 0.2) is 0 Å². The molecule has 116 valence electrons. The Morgan fingerprint density at radius 3 is 2.24 bits per heavy atom. The Bertz CT molecular complexity index is 619. The van der Waals surface area contributed by atoms with Gasteiger partial charge in [-0.1, -0.05) is 16.0 Å². The summed E-state index contributed by atoms with van der Waals surface area (Å²) in [6.45, 7) is 0. The van der Waals surface area contributed by atoms with Gasteiger partial charge in [-0.15, -0.1) is 0 Å². The van der Waals surface area contributed by atoms with Crippen molar-refractivity contribution >= 4 is 16.5 Å². The van der Waals surface area contributed by atoms with E-state index in [2.05, 4.69) is 8.92 Å². The van der Waals surface area contributed by atoms with Gasteiger partial charge < -0.3 is 13.7 Å². The van der Waals surface area contributed by atoms with Crippen molar-refractivity contribution in [2.75, 3.05) is 14.2 Å². The summed E-state index contributed by atoms with van der Waals surface area (Å²) >= 11 is 0. The summed E-state index contributed by atoms with van der Waals surface area (Å²) in [4.78, 5) is 11.4. The first-order valence-corrected chi connectivity index (χ1v) is 7.48. The Morgan fingerprint density at radius 1 is 1.24 bits per heavy atom. The molecule has 1 aromatic rings. The molecule has 0 heterocycles. The summed E-state index contributed by atoms with van der Waals surface area (Å²) in [7, 11) is -2.17. The normalized spacial score (nSPS) is 25.0. The molecule has 0 atom stereocenters. The zero-order chi connectivity index (χ0) is 15.7. The summed E-state index contributed by atoms with van der Waals surface area (Å²) in [6, 6.07) is 5.83. The Morgan fingerprint density at radius 2 is 1.81 bits per heavy atom. The zero-order valence-corrected chi connectivity index (χ0v) is 12.4. The van der Waals surface area contributed by atoms with Gasteiger partial charge >= 0.3 is 16.5 Å². The Kier molecular flexibility index (Phi) is 4.20. The predicted octanol–water partition coefficient (Wildman–Crippen LogP) is 1.70. The number of rotatable bonds is 5. The topological polar surface area (TPSA) is 78.9 Å². The van der Waals surface area contributed by atoms with E-state index in [0.29, 0.717) is 12.8 Å². The van der Waals surface area contributed by atoms with Gasteiger partial charge in [-0.2, -0.15) is 8.42 Å². The van der Waals surface area contributed by atoms with Crippen molar-refractivity contribution in [2.45, 2.75) is 18.4 Å². The molecule has 1 fully saturated rings. The molecule has 0 aromatic heterocycles. The second kappa shape index (κ2) is 5.61. The average molecular weight is 318 g/mol. The molecule has 0 saturated heterocycles. The SMILES string of the molecule is COC(=O)C1CC(OC)(c2ccc(OS(=O)(=O)F)cc2)C1. The molecule has 0 aliphatic heterocycles. The Labute approximate surface area is 122 Å². The van der Waals surface area contributed by atoms with Crippen molar-refractivity contribution < 1.29 is 30.8 Å². The number of carbonyl (C=O) groups excluding carboxylic acids is 1. The fraction of sp³-hybridized carbons (Fsp3) is 0.462. The third-order valence-electron chi connectivity index (χ3n) is 3.65. The standard InChI is InChI=1S/C13H15FO6S/c1-18-12(15)9-7-13(8-9,19-2)10-3-5-11(6-4-10)20-21(14,16)17/h3-6,9H,7-8H2,1-2H3. The molecule has 0 N–H and O–H groups in total. The van der Waals surface area contributed by atoms with E-state index in [9.17, 15) is 17.1 Å². The van der Waals surface area contributed by atoms with Crippen molar-refractivity contribution in [3.63, 3.8) is 0 Å². The number of methoxy groups -OCH3 is 2. The van der Waals surface area contributed by atoms with Crippen molar-refractivity contribution in [2.24, 2.45) is 5.92 Å². The van der Waals surface area contributed by atoms with E-state index in [1.807, 2.05) is 0 Å². The predicted molar refractivity (Wildman–Crippen MR) is 70.5 cm³/mol. The van der Waals surface area contributed by atoms with Crippen LogP contribution in [0.2, 0.25) is 0 Å². The first-order chi connectivity index (χ1) is 9.79. The van der Waals surface area contributed by atoms with Crippen LogP contribution in [0.25, 0.3) is 0 Å².